The zero-order chi connectivity index (χ0) is 18.5. The summed E-state index contributed by atoms with van der Waals surface area (Å²) < 4.78 is 0. The number of aliphatic hydroxyl groups excluding tert-OH is 1. The number of hydrogen-bond donors (Lipinski definition) is 1. The Hall–Kier alpha value is -0.950. The van der Waals surface area contributed by atoms with Crippen LogP contribution in [0.4, 0.5) is 0 Å². The molecule has 1 N–H and O–H groups in total. The molecule has 0 unspecified atom stereocenters. The Bertz CT molecular complexity index is 583. The minimum absolute atomic E-state index is 0.187. The van der Waals surface area contributed by atoms with Gasteiger partial charge in [-0.25, -0.2) is 0 Å². The molecule has 0 aliphatic carbocycles. The third kappa shape index (κ3) is 4.66. The van der Waals surface area contributed by atoms with Gasteiger partial charge in [-0.2, -0.15) is 0 Å². The summed E-state index contributed by atoms with van der Waals surface area (Å²) in [6.45, 7) is 8.54. The summed E-state index contributed by atoms with van der Waals surface area (Å²) in [5, 5.41) is 11.3. The van der Waals surface area contributed by atoms with Crippen molar-refractivity contribution in [1.29, 1.82) is 0 Å². The lowest BCUT2D eigenvalue weighted by Crippen LogP contribution is -2.56. The van der Waals surface area contributed by atoms with Crippen molar-refractivity contribution >= 4 is 17.2 Å². The zero-order valence-electron chi connectivity index (χ0n) is 16.2. The van der Waals surface area contributed by atoms with Crippen LogP contribution in [0.1, 0.15) is 41.4 Å². The number of carbonyl (C=O) groups excluding carboxylic acids is 1. The van der Waals surface area contributed by atoms with E-state index in [-0.39, 0.29) is 12.5 Å². The molecule has 0 bridgehead atoms. The number of rotatable bonds is 6. The summed E-state index contributed by atoms with van der Waals surface area (Å²) in [5.74, 6) is 0.652. The average Bonchev–Trinajstić information content (AvgIpc) is 3.15. The minimum atomic E-state index is 0.187. The van der Waals surface area contributed by atoms with Crippen molar-refractivity contribution in [1.82, 2.24) is 14.7 Å². The molecule has 2 fully saturated rings. The summed E-state index contributed by atoms with van der Waals surface area (Å²) in [6.07, 6.45) is 3.87. The van der Waals surface area contributed by atoms with Crippen molar-refractivity contribution in [2.24, 2.45) is 5.92 Å². The van der Waals surface area contributed by atoms with Crippen LogP contribution in [-0.4, -0.2) is 84.7 Å². The Morgan fingerprint density at radius 3 is 2.69 bits per heavy atom. The highest BCUT2D eigenvalue weighted by Crippen LogP contribution is 2.28. The quantitative estimate of drug-likeness (QED) is 0.823. The van der Waals surface area contributed by atoms with Crippen molar-refractivity contribution in [2.75, 3.05) is 52.9 Å². The van der Waals surface area contributed by atoms with Crippen LogP contribution in [0, 0.1) is 5.92 Å². The van der Waals surface area contributed by atoms with Gasteiger partial charge in [-0.1, -0.05) is 6.92 Å². The van der Waals surface area contributed by atoms with Gasteiger partial charge < -0.3 is 14.9 Å². The SMILES string of the molecule is CCc1cc(C(=O)N2CC[C@@H](N3CCN(C)CC3)[C@@H](CCCO)C2)cs1. The molecule has 2 saturated heterocycles. The summed E-state index contributed by atoms with van der Waals surface area (Å²) in [7, 11) is 2.19. The molecule has 1 amide bonds. The van der Waals surface area contributed by atoms with Crippen molar-refractivity contribution in [3.8, 4) is 0 Å². The Kier molecular flexibility index (Phi) is 7.09. The fraction of sp³-hybridized carbons (Fsp3) is 0.750. The first-order valence-corrected chi connectivity index (χ1v) is 10.9. The number of hydrogen-bond acceptors (Lipinski definition) is 5. The van der Waals surface area contributed by atoms with E-state index in [1.807, 2.05) is 5.38 Å². The maximum absolute atomic E-state index is 12.9. The molecule has 3 rings (SSSR count). The van der Waals surface area contributed by atoms with Crippen LogP contribution in [-0.2, 0) is 6.42 Å². The van der Waals surface area contributed by atoms with E-state index in [1.165, 1.54) is 4.88 Å². The van der Waals surface area contributed by atoms with Gasteiger partial charge in [-0.3, -0.25) is 9.69 Å². The Balaban J connectivity index is 1.65. The molecule has 2 aliphatic rings. The van der Waals surface area contributed by atoms with E-state index in [2.05, 4.69) is 34.7 Å². The standard InChI is InChI=1S/C20H33N3O2S/c1-3-18-13-17(15-26-18)20(25)23-7-6-19(16(14-23)5-4-12-24)22-10-8-21(2)9-11-22/h13,15-16,19,24H,3-12,14H2,1-2H3/t16-,19+/m0/s1. The predicted molar refractivity (Wildman–Crippen MR) is 107 cm³/mol. The zero-order valence-corrected chi connectivity index (χ0v) is 17.0. The number of piperidine rings is 1. The number of piperazine rings is 1. The summed E-state index contributed by atoms with van der Waals surface area (Å²) in [4.78, 5) is 21.3. The van der Waals surface area contributed by atoms with E-state index in [9.17, 15) is 9.90 Å². The predicted octanol–water partition coefficient (Wildman–Crippen LogP) is 2.16. The molecule has 2 aliphatic heterocycles. The monoisotopic (exact) mass is 379 g/mol. The van der Waals surface area contributed by atoms with Crippen LogP contribution in [0.15, 0.2) is 11.4 Å². The fourth-order valence-electron chi connectivity index (χ4n) is 4.34. The fourth-order valence-corrected chi connectivity index (χ4v) is 5.15. The van der Waals surface area contributed by atoms with Crippen molar-refractivity contribution in [2.45, 2.75) is 38.6 Å². The van der Waals surface area contributed by atoms with E-state index in [0.717, 1.165) is 70.5 Å². The Labute approximate surface area is 161 Å². The molecule has 0 aromatic carbocycles. The van der Waals surface area contributed by atoms with Gasteiger partial charge in [0.15, 0.2) is 0 Å². The molecule has 2 atom stereocenters. The van der Waals surface area contributed by atoms with Crippen LogP contribution >= 0.6 is 11.3 Å². The van der Waals surface area contributed by atoms with E-state index in [4.69, 9.17) is 0 Å². The third-order valence-corrected chi connectivity index (χ3v) is 7.05. The lowest BCUT2D eigenvalue weighted by atomic mass is 9.86. The molecule has 0 saturated carbocycles. The number of aryl methyl sites for hydroxylation is 1. The van der Waals surface area contributed by atoms with Crippen LogP contribution in [0.5, 0.6) is 0 Å². The van der Waals surface area contributed by atoms with Crippen molar-refractivity contribution in [3.05, 3.63) is 21.9 Å². The summed E-state index contributed by atoms with van der Waals surface area (Å²) >= 11 is 1.69. The molecule has 3 heterocycles. The molecular weight excluding hydrogens is 346 g/mol. The maximum Gasteiger partial charge on any atom is 0.254 e. The molecule has 146 valence electrons. The molecule has 26 heavy (non-hydrogen) atoms. The number of aliphatic hydroxyl groups is 1. The van der Waals surface area contributed by atoms with Gasteiger partial charge in [0, 0.05) is 62.2 Å². The van der Waals surface area contributed by atoms with Crippen molar-refractivity contribution in [3.63, 3.8) is 0 Å². The number of thiophene rings is 1. The first kappa shape index (κ1) is 19.8. The second kappa shape index (κ2) is 9.31. The van der Waals surface area contributed by atoms with Gasteiger partial charge in [-0.15, -0.1) is 11.3 Å². The van der Waals surface area contributed by atoms with E-state index >= 15 is 0 Å². The summed E-state index contributed by atoms with van der Waals surface area (Å²) in [5.41, 5.74) is 0.853. The van der Waals surface area contributed by atoms with Crippen LogP contribution in [0.25, 0.3) is 0 Å². The molecule has 5 nitrogen and oxygen atoms in total. The van der Waals surface area contributed by atoms with Gasteiger partial charge in [0.2, 0.25) is 0 Å². The van der Waals surface area contributed by atoms with Gasteiger partial charge in [0.1, 0.15) is 0 Å². The minimum Gasteiger partial charge on any atom is -0.396 e. The normalized spacial score (nSPS) is 25.6. The maximum atomic E-state index is 12.9. The number of likely N-dealkylation sites (tertiary alicyclic amines) is 1. The third-order valence-electron chi connectivity index (χ3n) is 5.97. The van der Waals surface area contributed by atoms with Crippen LogP contribution in [0.3, 0.4) is 0 Å². The van der Waals surface area contributed by atoms with E-state index in [0.29, 0.717) is 12.0 Å². The first-order chi connectivity index (χ1) is 12.6. The molecule has 1 aromatic rings. The highest BCUT2D eigenvalue weighted by atomic mass is 32.1. The number of nitrogens with zero attached hydrogens (tertiary/aromatic N) is 3. The van der Waals surface area contributed by atoms with E-state index < -0.39 is 0 Å². The molecular formula is C20H33N3O2S. The lowest BCUT2D eigenvalue weighted by Gasteiger charge is -2.46. The van der Waals surface area contributed by atoms with Crippen molar-refractivity contribution < 1.29 is 9.90 Å². The molecule has 0 radical (unpaired) electrons. The number of amides is 1. The molecule has 1 aromatic heterocycles. The molecule has 6 heteroatoms. The topological polar surface area (TPSA) is 47.0 Å². The van der Waals surface area contributed by atoms with E-state index in [1.54, 1.807) is 11.3 Å². The largest absolute Gasteiger partial charge is 0.396 e. The smallest absolute Gasteiger partial charge is 0.254 e. The highest BCUT2D eigenvalue weighted by molar-refractivity contribution is 7.10. The van der Waals surface area contributed by atoms with Crippen LogP contribution < -0.4 is 0 Å². The second-order valence-corrected chi connectivity index (χ2v) is 8.72. The second-order valence-electron chi connectivity index (χ2n) is 7.73. The number of carbonyl (C=O) groups is 1. The average molecular weight is 380 g/mol. The van der Waals surface area contributed by atoms with Gasteiger partial charge in [-0.05, 0) is 44.7 Å². The van der Waals surface area contributed by atoms with Gasteiger partial charge in [0.25, 0.3) is 5.91 Å². The Morgan fingerprint density at radius 1 is 1.27 bits per heavy atom. The lowest BCUT2D eigenvalue weighted by molar-refractivity contribution is 0.0218. The highest BCUT2D eigenvalue weighted by Gasteiger charge is 2.35. The van der Waals surface area contributed by atoms with Crippen LogP contribution in [0.2, 0.25) is 0 Å². The summed E-state index contributed by atoms with van der Waals surface area (Å²) in [6, 6.07) is 2.61. The number of likely N-dealkylation sites (N-methyl/N-ethyl adjacent to an activating group) is 1. The Morgan fingerprint density at radius 2 is 2.04 bits per heavy atom. The molecule has 0 spiro atoms. The first-order valence-electron chi connectivity index (χ1n) is 10.0. The van der Waals surface area contributed by atoms with Gasteiger partial charge >= 0.3 is 0 Å². The van der Waals surface area contributed by atoms with Gasteiger partial charge in [0.05, 0.1) is 5.56 Å².